The smallest absolute Gasteiger partial charge is 0.0308 e. The second-order valence-electron chi connectivity index (χ2n) is 7.82. The number of halogens is 1. The average Bonchev–Trinajstić information content (AvgIpc) is 2.63. The fourth-order valence-electron chi connectivity index (χ4n) is 3.33. The van der Waals surface area contributed by atoms with Gasteiger partial charge >= 0.3 is 0 Å². The topological polar surface area (TPSA) is 29.3 Å². The van der Waals surface area contributed by atoms with Gasteiger partial charge in [-0.2, -0.15) is 0 Å². The maximum Gasteiger partial charge on any atom is 0.0308 e. The van der Waals surface area contributed by atoms with Gasteiger partial charge in [0.2, 0.25) is 0 Å². The minimum absolute atomic E-state index is 0.333. The van der Waals surface area contributed by atoms with E-state index in [9.17, 15) is 0 Å². The molecule has 0 aliphatic rings. The lowest BCUT2D eigenvalue weighted by molar-refractivity contribution is 0.316. The van der Waals surface area contributed by atoms with Gasteiger partial charge in [0.15, 0.2) is 0 Å². The summed E-state index contributed by atoms with van der Waals surface area (Å²) in [5, 5.41) is 0.333. The quantitative estimate of drug-likeness (QED) is 0.184. The molecule has 2 N–H and O–H groups in total. The van der Waals surface area contributed by atoms with E-state index in [-0.39, 0.29) is 0 Å². The van der Waals surface area contributed by atoms with Crippen LogP contribution in [-0.2, 0) is 0 Å². The Bertz CT molecular complexity index is 234. The summed E-state index contributed by atoms with van der Waals surface area (Å²) in [5.41, 5.74) is 4.50. The number of nitrogens with zero attached hydrogens (tertiary/aromatic N) is 1. The predicted molar refractivity (Wildman–Crippen MR) is 122 cm³/mol. The molecule has 0 amide bonds. The summed E-state index contributed by atoms with van der Waals surface area (Å²) in [6, 6.07) is 0. The Morgan fingerprint density at radius 1 is 0.654 bits per heavy atom. The molecule has 26 heavy (non-hydrogen) atoms. The molecule has 0 aromatic heterocycles. The largest absolute Gasteiger partial charge is 0.333 e. The molecule has 0 aliphatic heterocycles. The van der Waals surface area contributed by atoms with Crippen molar-refractivity contribution in [2.24, 2.45) is 5.73 Å². The summed E-state index contributed by atoms with van der Waals surface area (Å²) in [6.07, 6.45) is 22.6. The van der Waals surface area contributed by atoms with Gasteiger partial charge in [0.05, 0.1) is 0 Å². The zero-order valence-electron chi connectivity index (χ0n) is 18.7. The van der Waals surface area contributed by atoms with Gasteiger partial charge in [-0.3, -0.25) is 0 Å². The van der Waals surface area contributed by atoms with E-state index in [0.29, 0.717) is 5.38 Å². The van der Waals surface area contributed by atoms with E-state index in [1.807, 2.05) is 0 Å². The van der Waals surface area contributed by atoms with Crippen LogP contribution in [0.5, 0.6) is 0 Å². The highest BCUT2D eigenvalue weighted by atomic mass is 35.5. The fraction of sp³-hybridized carbons (Fsp3) is 1.00. The van der Waals surface area contributed by atoms with Gasteiger partial charge in [-0.25, -0.2) is 0 Å². The third kappa shape index (κ3) is 26.4. The van der Waals surface area contributed by atoms with Gasteiger partial charge < -0.3 is 10.6 Å². The number of nitrogens with two attached hydrogens (primary N) is 1. The predicted octanol–water partition coefficient (Wildman–Crippen LogP) is 7.38. The first-order valence-corrected chi connectivity index (χ1v) is 12.0. The standard InChI is InChI=1S/C22H46ClN.CH5N/c1-4-5-6-7-8-9-10-11-12-13-14-15-16-17-20-24(3)21-18-19-22(2)23;1-2/h22H,4-21H2,1-3H3;2H2,1H3. The van der Waals surface area contributed by atoms with Crippen LogP contribution in [0.1, 0.15) is 117 Å². The molecule has 0 aromatic rings. The van der Waals surface area contributed by atoms with Crippen LogP contribution < -0.4 is 5.73 Å². The Labute approximate surface area is 171 Å². The molecule has 0 aromatic carbocycles. The van der Waals surface area contributed by atoms with Crippen molar-refractivity contribution in [2.75, 3.05) is 27.2 Å². The van der Waals surface area contributed by atoms with E-state index in [1.165, 1.54) is 116 Å². The molecular weight excluding hydrogens is 340 g/mol. The summed E-state index contributed by atoms with van der Waals surface area (Å²) in [5.74, 6) is 0. The molecule has 0 bridgehead atoms. The zero-order chi connectivity index (χ0) is 19.9. The van der Waals surface area contributed by atoms with Gasteiger partial charge in [-0.1, -0.05) is 90.4 Å². The van der Waals surface area contributed by atoms with Crippen molar-refractivity contribution in [2.45, 2.75) is 122 Å². The van der Waals surface area contributed by atoms with Gasteiger partial charge in [-0.05, 0) is 53.4 Å². The van der Waals surface area contributed by atoms with Crippen molar-refractivity contribution >= 4 is 11.6 Å². The number of alkyl halides is 1. The monoisotopic (exact) mass is 390 g/mol. The van der Waals surface area contributed by atoms with E-state index in [2.05, 4.69) is 31.5 Å². The van der Waals surface area contributed by atoms with Crippen LogP contribution >= 0.6 is 11.6 Å². The van der Waals surface area contributed by atoms with Gasteiger partial charge in [-0.15, -0.1) is 11.6 Å². The highest BCUT2D eigenvalue weighted by Crippen LogP contribution is 2.13. The van der Waals surface area contributed by atoms with Gasteiger partial charge in [0, 0.05) is 5.38 Å². The average molecular weight is 391 g/mol. The van der Waals surface area contributed by atoms with Crippen molar-refractivity contribution < 1.29 is 0 Å². The van der Waals surface area contributed by atoms with E-state index >= 15 is 0 Å². The van der Waals surface area contributed by atoms with E-state index in [0.717, 1.165) is 6.42 Å². The number of rotatable bonds is 19. The van der Waals surface area contributed by atoms with E-state index < -0.39 is 0 Å². The number of hydrogen-bond donors (Lipinski definition) is 1. The lowest BCUT2D eigenvalue weighted by Gasteiger charge is -2.16. The molecule has 0 aliphatic carbocycles. The Kier molecular flexibility index (Phi) is 27.6. The molecule has 0 spiro atoms. The Morgan fingerprint density at radius 3 is 1.38 bits per heavy atom. The minimum Gasteiger partial charge on any atom is -0.333 e. The zero-order valence-corrected chi connectivity index (χ0v) is 19.5. The van der Waals surface area contributed by atoms with Crippen LogP contribution in [0.15, 0.2) is 0 Å². The van der Waals surface area contributed by atoms with Crippen LogP contribution in [-0.4, -0.2) is 37.5 Å². The molecule has 3 heteroatoms. The molecule has 160 valence electrons. The summed E-state index contributed by atoms with van der Waals surface area (Å²) in [6.45, 7) is 6.85. The Hall–Kier alpha value is 0.210. The maximum absolute atomic E-state index is 5.98. The molecule has 0 heterocycles. The van der Waals surface area contributed by atoms with Gasteiger partial charge in [0.1, 0.15) is 0 Å². The Balaban J connectivity index is 0. The van der Waals surface area contributed by atoms with Gasteiger partial charge in [0.25, 0.3) is 0 Å². The van der Waals surface area contributed by atoms with Crippen LogP contribution in [0.4, 0.5) is 0 Å². The van der Waals surface area contributed by atoms with Crippen molar-refractivity contribution in [3.8, 4) is 0 Å². The highest BCUT2D eigenvalue weighted by molar-refractivity contribution is 6.20. The molecule has 0 saturated carbocycles. The highest BCUT2D eigenvalue weighted by Gasteiger charge is 2.01. The second-order valence-corrected chi connectivity index (χ2v) is 8.57. The summed E-state index contributed by atoms with van der Waals surface area (Å²) in [4.78, 5) is 2.47. The van der Waals surface area contributed by atoms with Crippen LogP contribution in [0, 0.1) is 0 Å². The van der Waals surface area contributed by atoms with Crippen molar-refractivity contribution in [3.63, 3.8) is 0 Å². The van der Waals surface area contributed by atoms with Crippen molar-refractivity contribution in [3.05, 3.63) is 0 Å². The van der Waals surface area contributed by atoms with Crippen molar-refractivity contribution in [1.29, 1.82) is 0 Å². The molecule has 0 saturated heterocycles. The third-order valence-corrected chi connectivity index (χ3v) is 5.25. The summed E-state index contributed by atoms with van der Waals surface area (Å²) < 4.78 is 0. The molecule has 0 rings (SSSR count). The third-order valence-electron chi connectivity index (χ3n) is 5.04. The normalized spacial score (nSPS) is 12.1. The van der Waals surface area contributed by atoms with E-state index in [4.69, 9.17) is 11.6 Å². The first-order chi connectivity index (χ1) is 12.7. The lowest BCUT2D eigenvalue weighted by atomic mass is 10.0. The van der Waals surface area contributed by atoms with Crippen LogP contribution in [0.2, 0.25) is 0 Å². The van der Waals surface area contributed by atoms with E-state index in [1.54, 1.807) is 0 Å². The van der Waals surface area contributed by atoms with Crippen LogP contribution in [0.25, 0.3) is 0 Å². The first-order valence-electron chi connectivity index (χ1n) is 11.6. The second kappa shape index (κ2) is 25.2. The molecule has 0 radical (unpaired) electrons. The fourth-order valence-corrected chi connectivity index (χ4v) is 3.48. The molecular formula is C23H51ClN2. The molecule has 0 fully saturated rings. The number of unbranched alkanes of at least 4 members (excludes halogenated alkanes) is 13. The first kappa shape index (κ1) is 28.4. The van der Waals surface area contributed by atoms with Crippen molar-refractivity contribution in [1.82, 2.24) is 4.90 Å². The maximum atomic E-state index is 5.98. The molecule has 1 unspecified atom stereocenters. The Morgan fingerprint density at radius 2 is 1.00 bits per heavy atom. The number of hydrogen-bond acceptors (Lipinski definition) is 2. The lowest BCUT2D eigenvalue weighted by Crippen LogP contribution is -2.21. The van der Waals surface area contributed by atoms with Crippen LogP contribution in [0.3, 0.4) is 0 Å². The molecule has 1 atom stereocenters. The minimum atomic E-state index is 0.333. The SMILES string of the molecule is CCCCCCCCCCCCCCCCN(C)CCCC(C)Cl.CN. The summed E-state index contributed by atoms with van der Waals surface area (Å²) >= 11 is 5.98. The summed E-state index contributed by atoms with van der Waals surface area (Å²) in [7, 11) is 3.75. The molecule has 2 nitrogen and oxygen atoms in total.